The van der Waals surface area contributed by atoms with Crippen molar-refractivity contribution in [3.05, 3.63) is 41.5 Å². The summed E-state index contributed by atoms with van der Waals surface area (Å²) in [6.07, 6.45) is 3.86. The van der Waals surface area contributed by atoms with Crippen molar-refractivity contribution in [2.45, 2.75) is 26.2 Å². The van der Waals surface area contributed by atoms with Crippen LogP contribution >= 0.6 is 0 Å². The Labute approximate surface area is 118 Å². The number of likely N-dealkylation sites (tertiary alicyclic amines) is 1. The molecular weight excluding hydrogens is 254 g/mol. The highest BCUT2D eigenvalue weighted by molar-refractivity contribution is 5.94. The fourth-order valence-electron chi connectivity index (χ4n) is 2.34. The molecule has 0 aliphatic carbocycles. The monoisotopic (exact) mass is 273 g/mol. The molecule has 106 valence electrons. The molecule has 1 heterocycles. The van der Waals surface area contributed by atoms with Gasteiger partial charge >= 0.3 is 5.97 Å². The van der Waals surface area contributed by atoms with E-state index in [1.807, 2.05) is 36.1 Å². The molecule has 2 rings (SSSR count). The summed E-state index contributed by atoms with van der Waals surface area (Å²) in [6, 6.07) is 7.37. The Morgan fingerprint density at radius 3 is 2.25 bits per heavy atom. The summed E-state index contributed by atoms with van der Waals surface area (Å²) < 4.78 is 0. The van der Waals surface area contributed by atoms with Crippen LogP contribution in [0, 0.1) is 0 Å². The summed E-state index contributed by atoms with van der Waals surface area (Å²) in [7, 11) is 0. The van der Waals surface area contributed by atoms with Crippen LogP contribution in [0.25, 0.3) is 5.57 Å². The van der Waals surface area contributed by atoms with Crippen LogP contribution in [0.5, 0.6) is 0 Å². The van der Waals surface area contributed by atoms with Crippen LogP contribution in [0.2, 0.25) is 0 Å². The molecule has 1 aromatic carbocycles. The van der Waals surface area contributed by atoms with Gasteiger partial charge in [0.2, 0.25) is 0 Å². The van der Waals surface area contributed by atoms with E-state index in [0.717, 1.165) is 37.1 Å². The zero-order valence-corrected chi connectivity index (χ0v) is 11.6. The van der Waals surface area contributed by atoms with E-state index in [-0.39, 0.29) is 12.3 Å². The predicted octanol–water partition coefficient (Wildman–Crippen LogP) is 2.80. The number of carboxylic acids is 1. The Hall–Kier alpha value is -2.10. The number of rotatable bonds is 4. The lowest BCUT2D eigenvalue weighted by Gasteiger charge is -2.15. The highest BCUT2D eigenvalue weighted by atomic mass is 16.4. The smallest absolute Gasteiger partial charge is 0.307 e. The van der Waals surface area contributed by atoms with E-state index in [9.17, 15) is 9.59 Å². The molecule has 4 nitrogen and oxygen atoms in total. The van der Waals surface area contributed by atoms with E-state index >= 15 is 0 Å². The maximum atomic E-state index is 12.2. The maximum Gasteiger partial charge on any atom is 0.307 e. The molecule has 1 amide bonds. The number of hydrogen-bond acceptors (Lipinski definition) is 2. The summed E-state index contributed by atoms with van der Waals surface area (Å²) >= 11 is 0. The van der Waals surface area contributed by atoms with Crippen molar-refractivity contribution in [2.75, 3.05) is 13.1 Å². The third-order valence-corrected chi connectivity index (χ3v) is 3.56. The standard InChI is InChI=1S/C16H19NO3/c1-12(4-9-15(18)19)13-5-7-14(8-6-13)16(20)17-10-2-3-11-17/h4-8H,2-3,9-11H2,1H3,(H,18,19)/b12-4+. The molecule has 1 aromatic rings. The zero-order valence-electron chi connectivity index (χ0n) is 11.6. The maximum absolute atomic E-state index is 12.2. The van der Waals surface area contributed by atoms with E-state index in [0.29, 0.717) is 5.56 Å². The molecule has 1 saturated heterocycles. The molecular formula is C16H19NO3. The number of amides is 1. The first-order valence-corrected chi connectivity index (χ1v) is 6.86. The van der Waals surface area contributed by atoms with Gasteiger partial charge in [-0.05, 0) is 43.0 Å². The highest BCUT2D eigenvalue weighted by Crippen LogP contribution is 2.18. The van der Waals surface area contributed by atoms with Gasteiger partial charge in [-0.2, -0.15) is 0 Å². The molecule has 1 aliphatic rings. The van der Waals surface area contributed by atoms with Crippen LogP contribution in [-0.2, 0) is 4.79 Å². The Morgan fingerprint density at radius 2 is 1.70 bits per heavy atom. The molecule has 0 atom stereocenters. The van der Waals surface area contributed by atoms with Gasteiger partial charge in [-0.1, -0.05) is 18.2 Å². The lowest BCUT2D eigenvalue weighted by molar-refractivity contribution is -0.135. The van der Waals surface area contributed by atoms with E-state index in [1.54, 1.807) is 6.08 Å². The van der Waals surface area contributed by atoms with Crippen molar-refractivity contribution < 1.29 is 14.7 Å². The molecule has 1 aliphatic heterocycles. The zero-order chi connectivity index (χ0) is 14.5. The molecule has 0 aromatic heterocycles. The first kappa shape index (κ1) is 14.3. The minimum absolute atomic E-state index is 0.0142. The van der Waals surface area contributed by atoms with E-state index in [4.69, 9.17) is 5.11 Å². The molecule has 0 unspecified atom stereocenters. The Morgan fingerprint density at radius 1 is 1.15 bits per heavy atom. The van der Waals surface area contributed by atoms with E-state index < -0.39 is 5.97 Å². The first-order chi connectivity index (χ1) is 9.58. The van der Waals surface area contributed by atoms with Gasteiger partial charge in [0.1, 0.15) is 0 Å². The Bertz CT molecular complexity index is 525. The van der Waals surface area contributed by atoms with E-state index in [1.165, 1.54) is 0 Å². The van der Waals surface area contributed by atoms with Crippen LogP contribution in [0.15, 0.2) is 30.3 Å². The molecule has 4 heteroatoms. The number of carboxylic acid groups (broad SMARTS) is 1. The largest absolute Gasteiger partial charge is 0.481 e. The second-order valence-electron chi connectivity index (χ2n) is 5.06. The van der Waals surface area contributed by atoms with Crippen molar-refractivity contribution in [3.63, 3.8) is 0 Å². The number of carbonyl (C=O) groups excluding carboxylic acids is 1. The summed E-state index contributed by atoms with van der Waals surface area (Å²) in [6.45, 7) is 3.57. The second kappa shape index (κ2) is 6.37. The van der Waals surface area contributed by atoms with Crippen molar-refractivity contribution in [1.82, 2.24) is 4.90 Å². The first-order valence-electron chi connectivity index (χ1n) is 6.86. The predicted molar refractivity (Wildman–Crippen MR) is 77.5 cm³/mol. The van der Waals surface area contributed by atoms with Gasteiger partial charge in [-0.25, -0.2) is 0 Å². The Kier molecular flexibility index (Phi) is 4.56. The van der Waals surface area contributed by atoms with Gasteiger partial charge in [0.25, 0.3) is 5.91 Å². The summed E-state index contributed by atoms with van der Waals surface area (Å²) in [4.78, 5) is 24.6. The highest BCUT2D eigenvalue weighted by Gasteiger charge is 2.19. The molecule has 1 fully saturated rings. The molecule has 0 radical (unpaired) electrons. The number of benzene rings is 1. The van der Waals surface area contributed by atoms with Crippen molar-refractivity contribution >= 4 is 17.4 Å². The second-order valence-corrected chi connectivity index (χ2v) is 5.06. The Balaban J connectivity index is 2.07. The van der Waals surface area contributed by atoms with Crippen molar-refractivity contribution in [2.24, 2.45) is 0 Å². The number of allylic oxidation sites excluding steroid dienone is 1. The molecule has 20 heavy (non-hydrogen) atoms. The quantitative estimate of drug-likeness (QED) is 0.917. The number of hydrogen-bond donors (Lipinski definition) is 1. The molecule has 1 N–H and O–H groups in total. The third-order valence-electron chi connectivity index (χ3n) is 3.56. The van der Waals surface area contributed by atoms with Gasteiger partial charge in [-0.15, -0.1) is 0 Å². The number of aliphatic carboxylic acids is 1. The van der Waals surface area contributed by atoms with Gasteiger partial charge in [0.15, 0.2) is 0 Å². The van der Waals surface area contributed by atoms with Gasteiger partial charge in [0.05, 0.1) is 6.42 Å². The fraction of sp³-hybridized carbons (Fsp3) is 0.375. The van der Waals surface area contributed by atoms with Crippen LogP contribution in [0.3, 0.4) is 0 Å². The van der Waals surface area contributed by atoms with Gasteiger partial charge < -0.3 is 10.0 Å². The lowest BCUT2D eigenvalue weighted by Crippen LogP contribution is -2.27. The normalized spacial score (nSPS) is 15.4. The fourth-order valence-corrected chi connectivity index (χ4v) is 2.34. The lowest BCUT2D eigenvalue weighted by atomic mass is 10.0. The third kappa shape index (κ3) is 3.47. The van der Waals surface area contributed by atoms with Crippen LogP contribution < -0.4 is 0 Å². The summed E-state index contributed by atoms with van der Waals surface area (Å²) in [5, 5.41) is 8.65. The minimum Gasteiger partial charge on any atom is -0.481 e. The molecule has 0 spiro atoms. The van der Waals surface area contributed by atoms with Crippen molar-refractivity contribution in [3.8, 4) is 0 Å². The van der Waals surface area contributed by atoms with Gasteiger partial charge in [-0.3, -0.25) is 9.59 Å². The number of nitrogens with zero attached hydrogens (tertiary/aromatic N) is 1. The number of carbonyl (C=O) groups is 2. The van der Waals surface area contributed by atoms with E-state index in [2.05, 4.69) is 0 Å². The SMILES string of the molecule is C/C(=C\CC(=O)O)c1ccc(C(=O)N2CCCC2)cc1. The van der Waals surface area contributed by atoms with Crippen molar-refractivity contribution in [1.29, 1.82) is 0 Å². The van der Waals surface area contributed by atoms with Gasteiger partial charge in [0, 0.05) is 18.7 Å². The topological polar surface area (TPSA) is 57.6 Å². The average molecular weight is 273 g/mol. The van der Waals surface area contributed by atoms with Crippen LogP contribution in [-0.4, -0.2) is 35.0 Å². The summed E-state index contributed by atoms with van der Waals surface area (Å²) in [5.41, 5.74) is 2.55. The van der Waals surface area contributed by atoms with Crippen LogP contribution in [0.4, 0.5) is 0 Å². The molecule has 0 saturated carbocycles. The molecule has 0 bridgehead atoms. The summed E-state index contributed by atoms with van der Waals surface area (Å²) in [5.74, 6) is -0.758. The minimum atomic E-state index is -0.842. The van der Waals surface area contributed by atoms with Crippen LogP contribution in [0.1, 0.15) is 42.1 Å². The average Bonchev–Trinajstić information content (AvgIpc) is 2.98.